The molecule has 0 unspecified atom stereocenters. The van der Waals surface area contributed by atoms with Gasteiger partial charge in [0.05, 0.1) is 22.4 Å². The Morgan fingerprint density at radius 1 is 1.05 bits per heavy atom. The molecule has 11 nitrogen and oxygen atoms in total. The van der Waals surface area contributed by atoms with Crippen LogP contribution in [-0.4, -0.2) is 63.7 Å². The standard InChI is InChI=1S/C27H31Cl2N9O2.2ClH/c1-16-11-19(38(9-7-28)10-8-29)4-6-20(16)36-26(40)17-3-5-21-22(12-17)35-25(34-21)23-13-18(15-37(23)2)33-24(39)14-32-27(30)31;;/h3-6,11-13,15H,7-10,14H2,1-2H3,(H,33,39)(H,34,35)(H,36,40)(H4,30,31,32);2*1H. The van der Waals surface area contributed by atoms with Crippen LogP contribution in [0.1, 0.15) is 15.9 Å². The summed E-state index contributed by atoms with van der Waals surface area (Å²) in [5, 5.41) is 5.74. The number of alkyl halides is 2. The molecular weight excluding hydrogens is 624 g/mol. The number of hydrogen-bond acceptors (Lipinski definition) is 5. The molecule has 0 atom stereocenters. The molecule has 15 heteroatoms. The Labute approximate surface area is 265 Å². The van der Waals surface area contributed by atoms with Gasteiger partial charge in [0.15, 0.2) is 11.8 Å². The quantitative estimate of drug-likeness (QED) is 0.0910. The molecule has 0 saturated carbocycles. The second-order valence-corrected chi connectivity index (χ2v) is 9.91. The number of nitrogens with one attached hydrogen (secondary N) is 3. The van der Waals surface area contributed by atoms with E-state index in [1.165, 1.54) is 0 Å². The lowest BCUT2D eigenvalue weighted by Gasteiger charge is -2.24. The maximum Gasteiger partial charge on any atom is 0.255 e. The number of fused-ring (bicyclic) bond motifs is 1. The second kappa shape index (κ2) is 15.5. The van der Waals surface area contributed by atoms with Crippen molar-refractivity contribution in [3.63, 3.8) is 0 Å². The predicted octanol–water partition coefficient (Wildman–Crippen LogP) is 4.47. The van der Waals surface area contributed by atoms with E-state index in [4.69, 9.17) is 34.7 Å². The van der Waals surface area contributed by atoms with E-state index < -0.39 is 0 Å². The summed E-state index contributed by atoms with van der Waals surface area (Å²) < 4.78 is 1.83. The van der Waals surface area contributed by atoms with Crippen molar-refractivity contribution in [3.8, 4) is 11.5 Å². The number of halogens is 4. The largest absolute Gasteiger partial charge is 0.370 e. The number of carbonyl (C=O) groups excluding carboxylic acids is 2. The molecule has 2 heterocycles. The molecule has 2 aromatic carbocycles. The first kappa shape index (κ1) is 34.6. The number of nitrogens with two attached hydrogens (primary N) is 2. The fourth-order valence-corrected chi connectivity index (χ4v) is 4.67. The number of benzene rings is 2. The van der Waals surface area contributed by atoms with E-state index in [2.05, 4.69) is 30.5 Å². The van der Waals surface area contributed by atoms with Crippen molar-refractivity contribution in [2.24, 2.45) is 23.5 Å². The average molecular weight is 657 g/mol. The molecule has 2 amide bonds. The highest BCUT2D eigenvalue weighted by molar-refractivity contribution is 6.18. The lowest BCUT2D eigenvalue weighted by molar-refractivity contribution is -0.114. The fourth-order valence-electron chi connectivity index (χ4n) is 4.26. The smallest absolute Gasteiger partial charge is 0.255 e. The van der Waals surface area contributed by atoms with Crippen LogP contribution in [0.25, 0.3) is 22.6 Å². The molecular formula is C27H33Cl4N9O2. The average Bonchev–Trinajstić information content (AvgIpc) is 3.50. The maximum atomic E-state index is 13.1. The minimum absolute atomic E-state index is 0. The Morgan fingerprint density at radius 2 is 1.76 bits per heavy atom. The summed E-state index contributed by atoms with van der Waals surface area (Å²) in [5.41, 5.74) is 16.4. The SMILES string of the molecule is Cc1cc(N(CCCl)CCCl)ccc1NC(=O)c1ccc2nc(-c3cc(NC(=O)CN=C(N)N)cn3C)[nH]c2c1.Cl.Cl. The number of rotatable bonds is 11. The van der Waals surface area contributed by atoms with Gasteiger partial charge < -0.3 is 36.6 Å². The van der Waals surface area contributed by atoms with Gasteiger partial charge in [-0.1, -0.05) is 0 Å². The zero-order valence-electron chi connectivity index (χ0n) is 23.0. The van der Waals surface area contributed by atoms with Gasteiger partial charge in [-0.2, -0.15) is 0 Å². The predicted molar refractivity (Wildman–Crippen MR) is 177 cm³/mol. The maximum absolute atomic E-state index is 13.1. The number of imidazole rings is 1. The summed E-state index contributed by atoms with van der Waals surface area (Å²) >= 11 is 11.9. The van der Waals surface area contributed by atoms with Crippen molar-refractivity contribution < 1.29 is 9.59 Å². The summed E-state index contributed by atoms with van der Waals surface area (Å²) in [7, 11) is 1.84. The van der Waals surface area contributed by atoms with Gasteiger partial charge in [-0.05, 0) is 55.0 Å². The number of aryl methyl sites for hydroxylation is 2. The Hall–Kier alpha value is -3.64. The number of anilines is 3. The molecule has 0 aliphatic carbocycles. The van der Waals surface area contributed by atoms with Crippen molar-refractivity contribution in [2.75, 3.05) is 46.9 Å². The molecule has 4 rings (SSSR count). The lowest BCUT2D eigenvalue weighted by Crippen LogP contribution is -2.27. The molecule has 0 spiro atoms. The fraction of sp³-hybridized carbons (Fsp3) is 0.259. The van der Waals surface area contributed by atoms with Crippen LogP contribution in [-0.2, 0) is 11.8 Å². The van der Waals surface area contributed by atoms with Gasteiger partial charge >= 0.3 is 0 Å². The molecule has 42 heavy (non-hydrogen) atoms. The molecule has 7 N–H and O–H groups in total. The van der Waals surface area contributed by atoms with Gasteiger partial charge in [-0.25, -0.2) is 9.98 Å². The number of aliphatic imine (C=N–C) groups is 1. The molecule has 0 bridgehead atoms. The first-order valence-corrected chi connectivity index (χ1v) is 13.6. The third-order valence-corrected chi connectivity index (χ3v) is 6.55. The van der Waals surface area contributed by atoms with Crippen molar-refractivity contribution in [2.45, 2.75) is 6.92 Å². The van der Waals surface area contributed by atoms with Gasteiger partial charge in [-0.15, -0.1) is 48.0 Å². The second-order valence-electron chi connectivity index (χ2n) is 9.15. The minimum atomic E-state index is -0.349. The number of H-pyrrole nitrogens is 1. The van der Waals surface area contributed by atoms with Crippen molar-refractivity contribution in [3.05, 3.63) is 59.8 Å². The van der Waals surface area contributed by atoms with Crippen LogP contribution in [0.3, 0.4) is 0 Å². The Balaban J connectivity index is 0.00000308. The lowest BCUT2D eigenvalue weighted by atomic mass is 10.1. The molecule has 2 aromatic heterocycles. The number of aromatic amines is 1. The van der Waals surface area contributed by atoms with Crippen LogP contribution in [0.15, 0.2) is 53.7 Å². The molecule has 0 aliphatic heterocycles. The monoisotopic (exact) mass is 655 g/mol. The van der Waals surface area contributed by atoms with Crippen molar-refractivity contribution in [1.82, 2.24) is 14.5 Å². The zero-order chi connectivity index (χ0) is 28.8. The number of hydrogen-bond donors (Lipinski definition) is 5. The summed E-state index contributed by atoms with van der Waals surface area (Å²) in [6.07, 6.45) is 1.76. The van der Waals surface area contributed by atoms with Gasteiger partial charge in [0, 0.05) is 55.0 Å². The zero-order valence-corrected chi connectivity index (χ0v) is 26.1. The third kappa shape index (κ3) is 8.45. The number of nitrogens with zero attached hydrogens (tertiary/aromatic N) is 4. The summed E-state index contributed by atoms with van der Waals surface area (Å²) in [6, 6.07) is 12.9. The van der Waals surface area contributed by atoms with Gasteiger partial charge in [-0.3, -0.25) is 9.59 Å². The molecule has 4 aromatic rings. The van der Waals surface area contributed by atoms with Crippen LogP contribution >= 0.6 is 48.0 Å². The van der Waals surface area contributed by atoms with Crippen LogP contribution in [0.2, 0.25) is 0 Å². The van der Waals surface area contributed by atoms with E-state index >= 15 is 0 Å². The van der Waals surface area contributed by atoms with Crippen LogP contribution in [0, 0.1) is 6.92 Å². The van der Waals surface area contributed by atoms with Crippen molar-refractivity contribution >= 4 is 93.9 Å². The highest BCUT2D eigenvalue weighted by Crippen LogP contribution is 2.26. The third-order valence-electron chi connectivity index (χ3n) is 6.21. The summed E-state index contributed by atoms with van der Waals surface area (Å²) in [5.74, 6) is 0.837. The van der Waals surface area contributed by atoms with Crippen LogP contribution < -0.4 is 27.0 Å². The summed E-state index contributed by atoms with van der Waals surface area (Å²) in [6.45, 7) is 3.14. The van der Waals surface area contributed by atoms with Crippen LogP contribution in [0.5, 0.6) is 0 Å². The van der Waals surface area contributed by atoms with Crippen molar-refractivity contribution in [1.29, 1.82) is 0 Å². The molecule has 226 valence electrons. The normalized spacial score (nSPS) is 10.4. The van der Waals surface area contributed by atoms with E-state index in [0.717, 1.165) is 16.9 Å². The van der Waals surface area contributed by atoms with E-state index in [-0.39, 0.29) is 49.1 Å². The van der Waals surface area contributed by atoms with Gasteiger partial charge in [0.2, 0.25) is 5.91 Å². The van der Waals surface area contributed by atoms with Gasteiger partial charge in [0.1, 0.15) is 6.54 Å². The number of aromatic nitrogens is 3. The summed E-state index contributed by atoms with van der Waals surface area (Å²) in [4.78, 5) is 38.9. The van der Waals surface area contributed by atoms with Gasteiger partial charge in [0.25, 0.3) is 5.91 Å². The topological polar surface area (TPSA) is 159 Å². The molecule has 0 fully saturated rings. The number of amides is 2. The first-order chi connectivity index (χ1) is 19.2. The molecule has 0 saturated heterocycles. The Morgan fingerprint density at radius 3 is 2.40 bits per heavy atom. The van der Waals surface area contributed by atoms with E-state index in [1.54, 1.807) is 30.5 Å². The molecule has 0 radical (unpaired) electrons. The van der Waals surface area contributed by atoms with E-state index in [1.807, 2.05) is 36.7 Å². The Kier molecular flexibility index (Phi) is 12.8. The highest BCUT2D eigenvalue weighted by Gasteiger charge is 2.15. The Bertz CT molecular complexity index is 1560. The van der Waals surface area contributed by atoms with E-state index in [0.29, 0.717) is 58.6 Å². The van der Waals surface area contributed by atoms with E-state index in [9.17, 15) is 9.59 Å². The first-order valence-electron chi connectivity index (χ1n) is 12.5. The minimum Gasteiger partial charge on any atom is -0.370 e. The van der Waals surface area contributed by atoms with Crippen LogP contribution in [0.4, 0.5) is 17.1 Å². The number of carbonyl (C=O) groups is 2. The highest BCUT2D eigenvalue weighted by atomic mass is 35.5. The molecule has 0 aliphatic rings. The number of guanidine groups is 1.